The molecule has 0 spiro atoms. The Labute approximate surface area is 32.6 Å². The highest BCUT2D eigenvalue weighted by atomic mass is 31.2. The van der Waals surface area contributed by atoms with E-state index in [9.17, 15) is 0 Å². The maximum Gasteiger partial charge on any atom is 0.332 e. The molecule has 0 aromatic heterocycles. The number of hydrogen-bond acceptors (Lipinski definition) is 3. The maximum atomic E-state index is 9.13. The minimum atomic E-state index is -0.667. The van der Waals surface area contributed by atoms with Gasteiger partial charge in [-0.1, -0.05) is 0 Å². The van der Waals surface area contributed by atoms with Crippen LogP contribution < -0.4 is 0 Å². The van der Waals surface area contributed by atoms with Gasteiger partial charge in [-0.15, -0.1) is 0 Å². The summed E-state index contributed by atoms with van der Waals surface area (Å²) in [6.45, 7) is 0. The third-order valence-electron chi connectivity index (χ3n) is 0.0781. The molecule has 0 aromatic carbocycles. The van der Waals surface area contributed by atoms with Gasteiger partial charge in [-0.3, -0.25) is 0 Å². The lowest BCUT2D eigenvalue weighted by atomic mass is 15.8. The standard InChI is InChI=1S/H2O3P2/c1-4-3-5-2/h1,4H. The van der Waals surface area contributed by atoms with E-state index in [2.05, 4.69) is 4.31 Å². The van der Waals surface area contributed by atoms with E-state index < -0.39 is 17.7 Å². The summed E-state index contributed by atoms with van der Waals surface area (Å²) in [7, 11) is -1.12. The van der Waals surface area contributed by atoms with E-state index in [0.717, 1.165) is 0 Å². The number of rotatable bonds is 2. The van der Waals surface area contributed by atoms with E-state index in [1.54, 1.807) is 0 Å². The molecule has 1 N–H and O–H groups in total. The van der Waals surface area contributed by atoms with Gasteiger partial charge in [-0.2, -0.15) is 0 Å². The van der Waals surface area contributed by atoms with Crippen LogP contribution in [0.4, 0.5) is 0 Å². The minimum absolute atomic E-state index is 0.458. The van der Waals surface area contributed by atoms with E-state index in [1.165, 1.54) is 0 Å². The van der Waals surface area contributed by atoms with Gasteiger partial charge in [0.2, 0.25) is 0 Å². The van der Waals surface area contributed by atoms with Gasteiger partial charge in [0.25, 0.3) is 0 Å². The van der Waals surface area contributed by atoms with Gasteiger partial charge in [0.15, 0.2) is 9.03 Å². The Morgan fingerprint density at radius 1 is 2.00 bits per heavy atom. The monoisotopic (exact) mass is 112 g/mol. The van der Waals surface area contributed by atoms with Gasteiger partial charge in [0.05, 0.1) is 0 Å². The van der Waals surface area contributed by atoms with E-state index in [1.807, 2.05) is 0 Å². The molecule has 1 atom stereocenters. The van der Waals surface area contributed by atoms with Gasteiger partial charge >= 0.3 is 8.69 Å². The van der Waals surface area contributed by atoms with Gasteiger partial charge < -0.3 is 4.89 Å². The van der Waals surface area contributed by atoms with Gasteiger partial charge in [0.1, 0.15) is 0 Å². The Kier molecular flexibility index (Phi) is 4.85. The highest BCUT2D eigenvalue weighted by molar-refractivity contribution is 7.36. The van der Waals surface area contributed by atoms with Crippen LogP contribution in [0.2, 0.25) is 0 Å². The molecule has 0 fully saturated rings. The third kappa shape index (κ3) is 4.45. The molecule has 0 aromatic rings. The highest BCUT2D eigenvalue weighted by Gasteiger charge is 1.67. The van der Waals surface area contributed by atoms with E-state index in [0.29, 0.717) is 0 Å². The largest absolute Gasteiger partial charge is 0.352 e. The lowest BCUT2D eigenvalue weighted by Gasteiger charge is -1.71. The smallest absolute Gasteiger partial charge is 0.332 e. The second-order valence-electron chi connectivity index (χ2n) is 0.257. The normalized spacial score (nSPS) is 11.4. The third-order valence-corrected chi connectivity index (χ3v) is 0.703. The van der Waals surface area contributed by atoms with E-state index in [4.69, 9.17) is 9.46 Å². The minimum Gasteiger partial charge on any atom is -0.352 e. The molecule has 5 heavy (non-hydrogen) atoms. The maximum absolute atomic E-state index is 9.13. The zero-order valence-corrected chi connectivity index (χ0v) is 4.11. The molecule has 0 saturated heterocycles. The van der Waals surface area contributed by atoms with Crippen molar-refractivity contribution in [1.29, 1.82) is 0 Å². The number of hydrogen-bond donors (Lipinski definition) is 1. The van der Waals surface area contributed by atoms with Crippen LogP contribution in [0.5, 0.6) is 0 Å². The molecule has 0 bridgehead atoms. The fourth-order valence-electron chi connectivity index (χ4n) is 0.0167. The summed E-state index contributed by atoms with van der Waals surface area (Å²) in [4.78, 5) is 7.66. The van der Waals surface area contributed by atoms with Crippen LogP contribution in [0.15, 0.2) is 0 Å². The Bertz CT molecular complexity index is 26.1. The fraction of sp³-hybridized carbons (Fsp3) is 0. The van der Waals surface area contributed by atoms with Gasteiger partial charge in [-0.05, 0) is 0 Å². The summed E-state index contributed by atoms with van der Waals surface area (Å²) >= 11 is 0. The second kappa shape index (κ2) is 4.45. The van der Waals surface area contributed by atoms with Crippen LogP contribution in [-0.4, -0.2) is 4.89 Å². The molecule has 0 saturated carbocycles. The predicted molar refractivity (Wildman–Crippen MR) is 19.2 cm³/mol. The molecule has 0 aliphatic rings. The SMILES string of the molecule is O=POPO. The molecule has 5 heteroatoms. The first kappa shape index (κ1) is 5.45. The van der Waals surface area contributed by atoms with Gasteiger partial charge in [-0.25, -0.2) is 8.88 Å². The van der Waals surface area contributed by atoms with Crippen LogP contribution in [0.25, 0.3) is 0 Å². The molecular formula is H2O3P2. The average molecular weight is 112 g/mol. The van der Waals surface area contributed by atoms with Crippen molar-refractivity contribution in [1.82, 2.24) is 0 Å². The molecule has 0 radical (unpaired) electrons. The molecule has 0 amide bonds. The predicted octanol–water partition coefficient (Wildman–Crippen LogP) is 0.710. The van der Waals surface area contributed by atoms with Crippen molar-refractivity contribution in [3.8, 4) is 0 Å². The van der Waals surface area contributed by atoms with Gasteiger partial charge in [0, 0.05) is 0 Å². The highest BCUT2D eigenvalue weighted by Crippen LogP contribution is 2.11. The molecule has 3 nitrogen and oxygen atoms in total. The summed E-state index contributed by atoms with van der Waals surface area (Å²) in [5, 5.41) is 0. The summed E-state index contributed by atoms with van der Waals surface area (Å²) in [6.07, 6.45) is 0. The first-order valence-corrected chi connectivity index (χ1v) is 2.38. The Hall–Kier alpha value is 0.450. The van der Waals surface area contributed by atoms with Crippen LogP contribution in [0.3, 0.4) is 0 Å². The Balaban J connectivity index is 2.40. The molecular weight excluding hydrogens is 110 g/mol. The van der Waals surface area contributed by atoms with Crippen LogP contribution in [0.1, 0.15) is 0 Å². The van der Waals surface area contributed by atoms with Crippen molar-refractivity contribution in [2.75, 3.05) is 0 Å². The summed E-state index contributed by atoms with van der Waals surface area (Å²) in [5.74, 6) is 0. The Morgan fingerprint density at radius 3 is 2.60 bits per heavy atom. The fourth-order valence-corrected chi connectivity index (χ4v) is 0.150. The summed E-state index contributed by atoms with van der Waals surface area (Å²) in [6, 6.07) is 0. The average Bonchev–Trinajstić information content (AvgIpc) is 1.41. The molecule has 0 rings (SSSR count). The molecule has 30 valence electrons. The molecule has 0 aliphatic carbocycles. The zero-order chi connectivity index (χ0) is 4.12. The van der Waals surface area contributed by atoms with Crippen molar-refractivity contribution in [3.63, 3.8) is 0 Å². The van der Waals surface area contributed by atoms with Crippen molar-refractivity contribution in [3.05, 3.63) is 0 Å². The van der Waals surface area contributed by atoms with Crippen LogP contribution >= 0.6 is 17.7 Å². The van der Waals surface area contributed by atoms with E-state index >= 15 is 0 Å². The zero-order valence-electron chi connectivity index (χ0n) is 2.21. The molecule has 1 unspecified atom stereocenters. The second-order valence-corrected chi connectivity index (χ2v) is 1.32. The lowest BCUT2D eigenvalue weighted by molar-refractivity contribution is 0.507. The van der Waals surface area contributed by atoms with Crippen LogP contribution in [-0.2, 0) is 8.88 Å². The summed E-state index contributed by atoms with van der Waals surface area (Å²) in [5.41, 5.74) is 0. The first-order valence-electron chi connectivity index (χ1n) is 0.793. The quantitative estimate of drug-likeness (QED) is 0.535. The van der Waals surface area contributed by atoms with Crippen molar-refractivity contribution in [2.45, 2.75) is 0 Å². The molecule has 0 aliphatic heterocycles. The first-order chi connectivity index (χ1) is 2.41. The topological polar surface area (TPSA) is 46.5 Å². The molecule has 0 heterocycles. The Morgan fingerprint density at radius 2 is 2.60 bits per heavy atom. The van der Waals surface area contributed by atoms with Crippen molar-refractivity contribution < 1.29 is 13.8 Å². The lowest BCUT2D eigenvalue weighted by Crippen LogP contribution is -1.37. The van der Waals surface area contributed by atoms with Crippen LogP contribution in [0, 0.1) is 0 Å². The summed E-state index contributed by atoms with van der Waals surface area (Å²) < 4.78 is 13.0. The van der Waals surface area contributed by atoms with Crippen molar-refractivity contribution >= 4 is 17.7 Å². The van der Waals surface area contributed by atoms with Crippen molar-refractivity contribution in [2.24, 2.45) is 0 Å². The van der Waals surface area contributed by atoms with E-state index in [-0.39, 0.29) is 0 Å².